The fourth-order valence-corrected chi connectivity index (χ4v) is 3.00. The Labute approximate surface area is 178 Å². The van der Waals surface area contributed by atoms with E-state index in [1.165, 1.54) is 18.9 Å². The van der Waals surface area contributed by atoms with Crippen molar-refractivity contribution < 1.29 is 13.2 Å². The van der Waals surface area contributed by atoms with Crippen molar-refractivity contribution in [3.05, 3.63) is 77.9 Å². The van der Waals surface area contributed by atoms with E-state index >= 15 is 0 Å². The third-order valence-electron chi connectivity index (χ3n) is 4.45. The van der Waals surface area contributed by atoms with Crippen molar-refractivity contribution in [3.63, 3.8) is 0 Å². The quantitative estimate of drug-likeness (QED) is 0.352. The molecule has 0 aliphatic rings. The maximum Gasteiger partial charge on any atom is 0.229 e. The smallest absolute Gasteiger partial charge is 0.229 e. The molecule has 0 spiro atoms. The van der Waals surface area contributed by atoms with Gasteiger partial charge in [0.15, 0.2) is 0 Å². The SMILES string of the molecule is C=C=C(C#Cc1ccc(-c2ccccc2)c(F)c1)N[C@@H](CCC)CCCC.FCF. The Balaban J connectivity index is 0.00000141. The van der Waals surface area contributed by atoms with Crippen molar-refractivity contribution in [2.75, 3.05) is 6.93 Å². The molecule has 0 fully saturated rings. The Morgan fingerprint density at radius 2 is 1.73 bits per heavy atom. The second-order valence-corrected chi connectivity index (χ2v) is 6.74. The summed E-state index contributed by atoms with van der Waals surface area (Å²) in [6.45, 7) is 6.36. The molecule has 1 N–H and O–H groups in total. The Bertz CT molecular complexity index is 859. The summed E-state index contributed by atoms with van der Waals surface area (Å²) in [6, 6.07) is 15.0. The van der Waals surface area contributed by atoms with Crippen molar-refractivity contribution >= 4 is 0 Å². The van der Waals surface area contributed by atoms with Crippen LogP contribution in [0.4, 0.5) is 13.2 Å². The summed E-state index contributed by atoms with van der Waals surface area (Å²) >= 11 is 0. The highest BCUT2D eigenvalue weighted by Gasteiger charge is 2.08. The van der Waals surface area contributed by atoms with Gasteiger partial charge in [0.25, 0.3) is 0 Å². The van der Waals surface area contributed by atoms with Crippen LogP contribution in [0.1, 0.15) is 51.5 Å². The van der Waals surface area contributed by atoms with E-state index in [1.54, 1.807) is 6.07 Å². The molecule has 0 amide bonds. The van der Waals surface area contributed by atoms with Crippen LogP contribution in [0, 0.1) is 17.7 Å². The number of rotatable bonds is 8. The second kappa shape index (κ2) is 15.0. The highest BCUT2D eigenvalue weighted by molar-refractivity contribution is 5.65. The molecule has 4 heteroatoms. The minimum atomic E-state index is -1.75. The molecule has 0 heterocycles. The predicted octanol–water partition coefficient (Wildman–Crippen LogP) is 7.34. The first-order chi connectivity index (χ1) is 14.6. The summed E-state index contributed by atoms with van der Waals surface area (Å²) in [5.41, 5.74) is 5.64. The number of benzene rings is 2. The molecule has 0 saturated heterocycles. The lowest BCUT2D eigenvalue weighted by atomic mass is 10.0. The molecule has 0 unspecified atom stereocenters. The van der Waals surface area contributed by atoms with Crippen LogP contribution < -0.4 is 5.32 Å². The molecular weight excluding hydrogens is 383 g/mol. The maximum absolute atomic E-state index is 14.5. The molecule has 1 nitrogen and oxygen atoms in total. The molecule has 160 valence electrons. The maximum atomic E-state index is 14.5. The number of allylic oxidation sites excluding steroid dienone is 1. The van der Waals surface area contributed by atoms with Crippen molar-refractivity contribution in [2.45, 2.75) is 52.0 Å². The molecule has 0 radical (unpaired) electrons. The van der Waals surface area contributed by atoms with Gasteiger partial charge in [0.2, 0.25) is 6.93 Å². The van der Waals surface area contributed by atoms with Gasteiger partial charge in [-0.2, -0.15) is 0 Å². The van der Waals surface area contributed by atoms with Gasteiger partial charge in [-0.25, -0.2) is 13.2 Å². The lowest BCUT2D eigenvalue weighted by Crippen LogP contribution is -2.27. The average molecular weight is 414 g/mol. The topological polar surface area (TPSA) is 12.0 Å². The van der Waals surface area contributed by atoms with Crippen LogP contribution in [0.25, 0.3) is 11.1 Å². The second-order valence-electron chi connectivity index (χ2n) is 6.74. The molecule has 0 saturated carbocycles. The zero-order valence-corrected chi connectivity index (χ0v) is 17.8. The molecule has 0 aliphatic heterocycles. The van der Waals surface area contributed by atoms with Crippen molar-refractivity contribution in [1.82, 2.24) is 5.32 Å². The summed E-state index contributed by atoms with van der Waals surface area (Å²) in [7, 11) is 0. The van der Waals surface area contributed by atoms with Crippen LogP contribution in [0.3, 0.4) is 0 Å². The normalized spacial score (nSPS) is 10.6. The van der Waals surface area contributed by atoms with E-state index in [9.17, 15) is 13.2 Å². The highest BCUT2D eigenvalue weighted by atomic mass is 19.3. The van der Waals surface area contributed by atoms with Gasteiger partial charge in [-0.15, -0.1) is 0 Å². The Morgan fingerprint density at radius 3 is 2.30 bits per heavy atom. The molecule has 0 aliphatic carbocycles. The Morgan fingerprint density at radius 1 is 1.03 bits per heavy atom. The monoisotopic (exact) mass is 413 g/mol. The molecule has 0 bridgehead atoms. The van der Waals surface area contributed by atoms with Gasteiger partial charge in [-0.05, 0) is 36.5 Å². The minimum absolute atomic E-state index is 0.267. The number of halogens is 3. The summed E-state index contributed by atoms with van der Waals surface area (Å²) in [5.74, 6) is 5.81. The van der Waals surface area contributed by atoms with E-state index in [1.807, 2.05) is 36.4 Å². The van der Waals surface area contributed by atoms with Gasteiger partial charge in [0.1, 0.15) is 11.5 Å². The first-order valence-electron chi connectivity index (χ1n) is 10.2. The summed E-state index contributed by atoms with van der Waals surface area (Å²) in [6.07, 6.45) is 5.67. The standard InChI is InChI=1S/C25H28FN.CH2F2/c1-4-7-14-23(11-5-2)27-22(6-3)17-15-20-16-18-24(25(26)19-20)21-12-9-8-10-13-21;2-1-3/h8-10,12-13,16,18-19,23,27H,3-5,7,11,14H2,1-2H3;1H2/t23-;/m0./s1. The van der Waals surface area contributed by atoms with Gasteiger partial charge in [-0.3, -0.25) is 0 Å². The summed E-state index contributed by atoms with van der Waals surface area (Å²) < 4.78 is 33.7. The van der Waals surface area contributed by atoms with Crippen LogP contribution in [0.15, 0.2) is 66.5 Å². The number of nitrogens with one attached hydrogen (secondary N) is 1. The first kappa shape index (κ1) is 25.1. The molecule has 0 aromatic heterocycles. The van der Waals surface area contributed by atoms with E-state index in [0.717, 1.165) is 24.8 Å². The molecule has 2 aromatic carbocycles. The van der Waals surface area contributed by atoms with Gasteiger partial charge in [-0.1, -0.05) is 87.7 Å². The van der Waals surface area contributed by atoms with E-state index in [2.05, 4.69) is 43.3 Å². The first-order valence-corrected chi connectivity index (χ1v) is 10.2. The average Bonchev–Trinajstić information content (AvgIpc) is 2.76. The van der Waals surface area contributed by atoms with Gasteiger partial charge in [0.05, 0.1) is 0 Å². The minimum Gasteiger partial charge on any atom is -0.369 e. The fraction of sp³-hybridized carbons (Fsp3) is 0.346. The Hall–Kier alpha value is -2.89. The number of unbranched alkanes of at least 4 members (excludes halogenated alkanes) is 1. The van der Waals surface area contributed by atoms with E-state index in [4.69, 9.17) is 0 Å². The molecule has 1 atom stereocenters. The van der Waals surface area contributed by atoms with Crippen LogP contribution in [0.5, 0.6) is 0 Å². The van der Waals surface area contributed by atoms with Crippen molar-refractivity contribution in [2.24, 2.45) is 0 Å². The Kier molecular flexibility index (Phi) is 12.6. The zero-order valence-electron chi connectivity index (χ0n) is 17.8. The van der Waals surface area contributed by atoms with Crippen LogP contribution in [-0.4, -0.2) is 13.0 Å². The third-order valence-corrected chi connectivity index (χ3v) is 4.45. The van der Waals surface area contributed by atoms with E-state index < -0.39 is 6.93 Å². The molecule has 2 rings (SSSR count). The largest absolute Gasteiger partial charge is 0.369 e. The number of hydrogen-bond donors (Lipinski definition) is 1. The van der Waals surface area contributed by atoms with Gasteiger partial charge in [0, 0.05) is 17.2 Å². The zero-order chi connectivity index (χ0) is 22.2. The number of alkyl halides is 2. The van der Waals surface area contributed by atoms with Crippen molar-refractivity contribution in [3.8, 4) is 23.0 Å². The van der Waals surface area contributed by atoms with E-state index in [0.29, 0.717) is 22.9 Å². The highest BCUT2D eigenvalue weighted by Crippen LogP contribution is 2.23. The van der Waals surface area contributed by atoms with Crippen LogP contribution >= 0.6 is 0 Å². The summed E-state index contributed by atoms with van der Waals surface area (Å²) in [4.78, 5) is 0. The molecular formula is C26H30F3N. The lowest BCUT2D eigenvalue weighted by molar-refractivity contribution is 0.295. The predicted molar refractivity (Wildman–Crippen MR) is 120 cm³/mol. The lowest BCUT2D eigenvalue weighted by Gasteiger charge is -2.17. The number of hydrogen-bond acceptors (Lipinski definition) is 1. The van der Waals surface area contributed by atoms with Crippen LogP contribution in [0.2, 0.25) is 0 Å². The van der Waals surface area contributed by atoms with Gasteiger partial charge < -0.3 is 5.32 Å². The third kappa shape index (κ3) is 9.07. The fourth-order valence-electron chi connectivity index (χ4n) is 3.00. The van der Waals surface area contributed by atoms with Crippen molar-refractivity contribution in [1.29, 1.82) is 0 Å². The van der Waals surface area contributed by atoms with Gasteiger partial charge >= 0.3 is 0 Å². The van der Waals surface area contributed by atoms with E-state index in [-0.39, 0.29) is 5.82 Å². The molecule has 2 aromatic rings. The molecule has 30 heavy (non-hydrogen) atoms. The van der Waals surface area contributed by atoms with Crippen LogP contribution in [-0.2, 0) is 0 Å². The summed E-state index contributed by atoms with van der Waals surface area (Å²) in [5, 5.41) is 3.44.